The van der Waals surface area contributed by atoms with E-state index in [1.165, 1.54) is 12.3 Å². The summed E-state index contributed by atoms with van der Waals surface area (Å²) in [5, 5.41) is 3.66. The highest BCUT2D eigenvalue weighted by molar-refractivity contribution is 5.32. The summed E-state index contributed by atoms with van der Waals surface area (Å²) in [4.78, 5) is 26.0. The summed E-state index contributed by atoms with van der Waals surface area (Å²) < 4.78 is 1.07. The van der Waals surface area contributed by atoms with E-state index in [9.17, 15) is 9.59 Å². The summed E-state index contributed by atoms with van der Waals surface area (Å²) in [5.74, 6) is 0. The molecule has 0 unspecified atom stereocenters. The summed E-state index contributed by atoms with van der Waals surface area (Å²) in [5.41, 5.74) is -0.671. The van der Waals surface area contributed by atoms with Gasteiger partial charge in [0.05, 0.1) is 6.20 Å². The van der Waals surface area contributed by atoms with Gasteiger partial charge in [-0.05, 0) is 0 Å². The fourth-order valence-electron chi connectivity index (χ4n) is 0.858. The maximum Gasteiger partial charge on any atom is 0.352 e. The first kappa shape index (κ1) is 5.90. The first-order valence-corrected chi connectivity index (χ1v) is 2.94. The van der Waals surface area contributed by atoms with Crippen LogP contribution >= 0.6 is 0 Å². The second-order valence-electron chi connectivity index (χ2n) is 2.01. The predicted octanol–water partition coefficient (Wildman–Crippen LogP) is -1.29. The third-order valence-electron chi connectivity index (χ3n) is 1.30. The highest BCUT2D eigenvalue weighted by Crippen LogP contribution is 1.85. The van der Waals surface area contributed by atoms with Crippen LogP contribution < -0.4 is 11.4 Å². The standard InChI is InChI=1S/C5H4N4O2/c10-4-7-3-1-2-6-9(3)5(11)8-4/h1-2H,(H2,7,8,10,11). The summed E-state index contributed by atoms with van der Waals surface area (Å²) in [6.45, 7) is 0. The Bertz CT molecular complexity index is 491. The maximum absolute atomic E-state index is 10.9. The van der Waals surface area contributed by atoms with Crippen molar-refractivity contribution in [3.05, 3.63) is 33.2 Å². The van der Waals surface area contributed by atoms with Gasteiger partial charge < -0.3 is 0 Å². The van der Waals surface area contributed by atoms with Crippen molar-refractivity contribution in [2.45, 2.75) is 0 Å². The van der Waals surface area contributed by atoms with Crippen LogP contribution in [-0.2, 0) is 0 Å². The van der Waals surface area contributed by atoms with Crippen molar-refractivity contribution in [2.24, 2.45) is 0 Å². The topological polar surface area (TPSA) is 83.0 Å². The molecular weight excluding hydrogens is 148 g/mol. The molecule has 2 rings (SSSR count). The van der Waals surface area contributed by atoms with Crippen LogP contribution in [0.15, 0.2) is 21.9 Å². The Hall–Kier alpha value is -1.85. The number of hydrogen-bond donors (Lipinski definition) is 2. The van der Waals surface area contributed by atoms with Crippen LogP contribution in [0.25, 0.3) is 5.65 Å². The summed E-state index contributed by atoms with van der Waals surface area (Å²) >= 11 is 0. The summed E-state index contributed by atoms with van der Waals surface area (Å²) in [6, 6.07) is 1.54. The molecule has 0 spiro atoms. The van der Waals surface area contributed by atoms with E-state index in [-0.39, 0.29) is 0 Å². The van der Waals surface area contributed by atoms with Gasteiger partial charge in [0.1, 0.15) is 5.65 Å². The van der Waals surface area contributed by atoms with Crippen molar-refractivity contribution in [1.82, 2.24) is 19.6 Å². The van der Waals surface area contributed by atoms with E-state index in [2.05, 4.69) is 10.1 Å². The zero-order valence-corrected chi connectivity index (χ0v) is 5.37. The molecule has 2 heterocycles. The van der Waals surface area contributed by atoms with Crippen molar-refractivity contribution in [1.29, 1.82) is 0 Å². The number of nitrogens with zero attached hydrogens (tertiary/aromatic N) is 2. The van der Waals surface area contributed by atoms with E-state index in [4.69, 9.17) is 0 Å². The monoisotopic (exact) mass is 152 g/mol. The lowest BCUT2D eigenvalue weighted by atomic mass is 10.7. The van der Waals surface area contributed by atoms with E-state index >= 15 is 0 Å². The van der Waals surface area contributed by atoms with Crippen LogP contribution in [0, 0.1) is 0 Å². The van der Waals surface area contributed by atoms with Crippen LogP contribution in [0.4, 0.5) is 0 Å². The number of nitrogens with one attached hydrogen (secondary N) is 2. The van der Waals surface area contributed by atoms with Gasteiger partial charge in [0.2, 0.25) is 0 Å². The number of hydrogen-bond acceptors (Lipinski definition) is 3. The molecule has 6 heteroatoms. The summed E-state index contributed by atoms with van der Waals surface area (Å²) in [7, 11) is 0. The minimum Gasteiger partial charge on any atom is -0.292 e. The Labute approximate surface area is 59.5 Å². The minimum atomic E-state index is -0.534. The van der Waals surface area contributed by atoms with Crippen LogP contribution in [-0.4, -0.2) is 19.6 Å². The molecule has 2 aromatic rings. The SMILES string of the molecule is O=c1[nH]c(=O)n2nccc2[nH]1. The minimum absolute atomic E-state index is 0.388. The molecule has 0 fully saturated rings. The van der Waals surface area contributed by atoms with Gasteiger partial charge in [-0.2, -0.15) is 9.61 Å². The Morgan fingerprint density at radius 2 is 2.18 bits per heavy atom. The third kappa shape index (κ3) is 0.759. The molecule has 6 nitrogen and oxygen atoms in total. The molecule has 0 radical (unpaired) electrons. The molecule has 2 aromatic heterocycles. The summed E-state index contributed by atoms with van der Waals surface area (Å²) in [6.07, 6.45) is 1.43. The Kier molecular flexibility index (Phi) is 0.974. The van der Waals surface area contributed by atoms with E-state index < -0.39 is 11.4 Å². The molecule has 0 saturated heterocycles. The number of H-pyrrole nitrogens is 2. The Balaban J connectivity index is 3.15. The third-order valence-corrected chi connectivity index (χ3v) is 1.30. The first-order chi connectivity index (χ1) is 5.27. The molecule has 0 aliphatic heterocycles. The van der Waals surface area contributed by atoms with Crippen LogP contribution in [0.5, 0.6) is 0 Å². The largest absolute Gasteiger partial charge is 0.352 e. The van der Waals surface area contributed by atoms with Gasteiger partial charge in [-0.3, -0.25) is 9.97 Å². The molecule has 56 valence electrons. The molecular formula is C5H4N4O2. The number of aromatic amines is 2. The lowest BCUT2D eigenvalue weighted by molar-refractivity contribution is 0.821. The number of rotatable bonds is 0. The Morgan fingerprint density at radius 3 is 3.00 bits per heavy atom. The zero-order valence-electron chi connectivity index (χ0n) is 5.37. The second-order valence-corrected chi connectivity index (χ2v) is 2.01. The number of aromatic nitrogens is 4. The Morgan fingerprint density at radius 1 is 1.36 bits per heavy atom. The van der Waals surface area contributed by atoms with Gasteiger partial charge in [0, 0.05) is 6.07 Å². The smallest absolute Gasteiger partial charge is 0.292 e. The molecule has 0 saturated carbocycles. The first-order valence-electron chi connectivity index (χ1n) is 2.94. The van der Waals surface area contributed by atoms with E-state index in [0.29, 0.717) is 5.65 Å². The number of fused-ring (bicyclic) bond motifs is 1. The predicted molar refractivity (Wildman–Crippen MR) is 36.4 cm³/mol. The molecule has 0 amide bonds. The van der Waals surface area contributed by atoms with Gasteiger partial charge in [-0.25, -0.2) is 9.59 Å². The quantitative estimate of drug-likeness (QED) is 0.492. The average Bonchev–Trinajstić information content (AvgIpc) is 2.34. The van der Waals surface area contributed by atoms with Crippen molar-refractivity contribution >= 4 is 5.65 Å². The van der Waals surface area contributed by atoms with Crippen molar-refractivity contribution in [3.63, 3.8) is 0 Å². The van der Waals surface area contributed by atoms with Crippen LogP contribution in [0.1, 0.15) is 0 Å². The average molecular weight is 152 g/mol. The highest BCUT2D eigenvalue weighted by atomic mass is 16.2. The fraction of sp³-hybridized carbons (Fsp3) is 0. The van der Waals surface area contributed by atoms with Gasteiger partial charge in [-0.15, -0.1) is 0 Å². The molecule has 2 N–H and O–H groups in total. The van der Waals surface area contributed by atoms with Crippen molar-refractivity contribution in [2.75, 3.05) is 0 Å². The van der Waals surface area contributed by atoms with E-state index in [1.54, 1.807) is 0 Å². The van der Waals surface area contributed by atoms with Gasteiger partial charge in [0.15, 0.2) is 0 Å². The molecule has 0 aromatic carbocycles. The van der Waals surface area contributed by atoms with Crippen LogP contribution in [0.3, 0.4) is 0 Å². The van der Waals surface area contributed by atoms with Crippen molar-refractivity contribution < 1.29 is 0 Å². The molecule has 0 bridgehead atoms. The molecule has 11 heavy (non-hydrogen) atoms. The fourth-order valence-corrected chi connectivity index (χ4v) is 0.858. The highest BCUT2D eigenvalue weighted by Gasteiger charge is 1.96. The lowest BCUT2D eigenvalue weighted by Crippen LogP contribution is -2.28. The van der Waals surface area contributed by atoms with E-state index in [0.717, 1.165) is 4.52 Å². The normalized spacial score (nSPS) is 10.5. The lowest BCUT2D eigenvalue weighted by Gasteiger charge is -1.87. The van der Waals surface area contributed by atoms with E-state index in [1.807, 2.05) is 4.98 Å². The van der Waals surface area contributed by atoms with Gasteiger partial charge in [0.25, 0.3) is 0 Å². The second kappa shape index (κ2) is 1.82. The van der Waals surface area contributed by atoms with Gasteiger partial charge >= 0.3 is 11.4 Å². The molecule has 0 atom stereocenters. The molecule has 0 aliphatic rings. The van der Waals surface area contributed by atoms with Crippen molar-refractivity contribution in [3.8, 4) is 0 Å². The maximum atomic E-state index is 10.9. The van der Waals surface area contributed by atoms with Crippen LogP contribution in [0.2, 0.25) is 0 Å². The van der Waals surface area contributed by atoms with Gasteiger partial charge in [-0.1, -0.05) is 0 Å². The zero-order chi connectivity index (χ0) is 7.84. The molecule has 0 aliphatic carbocycles.